The van der Waals surface area contributed by atoms with Gasteiger partial charge in [-0.1, -0.05) is 28.9 Å². The van der Waals surface area contributed by atoms with Crippen molar-refractivity contribution in [3.8, 4) is 22.9 Å². The first kappa shape index (κ1) is 26.6. The predicted molar refractivity (Wildman–Crippen MR) is 141 cm³/mol. The lowest BCUT2D eigenvalue weighted by molar-refractivity contribution is -0.159. The van der Waals surface area contributed by atoms with Gasteiger partial charge in [0.05, 0.1) is 5.69 Å². The van der Waals surface area contributed by atoms with E-state index in [1.165, 1.54) is 6.20 Å². The average Bonchev–Trinajstić information content (AvgIpc) is 3.56. The predicted octanol–water partition coefficient (Wildman–Crippen LogP) is 7.14. The lowest BCUT2D eigenvalue weighted by Gasteiger charge is -2.32. The Balaban J connectivity index is 1.11. The van der Waals surface area contributed by atoms with Gasteiger partial charge in [0.1, 0.15) is 0 Å². The Bertz CT molecular complexity index is 1530. The van der Waals surface area contributed by atoms with E-state index in [0.717, 1.165) is 59.8 Å². The Morgan fingerprint density at radius 2 is 1.82 bits per heavy atom. The topological polar surface area (TPSA) is 73.5 Å². The first-order chi connectivity index (χ1) is 19.1. The zero-order valence-corrected chi connectivity index (χ0v) is 22.6. The maximum absolute atomic E-state index is 12.8. The Labute approximate surface area is 233 Å². The van der Waals surface area contributed by atoms with Crippen LogP contribution in [0.3, 0.4) is 0 Å². The summed E-state index contributed by atoms with van der Waals surface area (Å²) < 4.78 is 55.5. The molecule has 4 aromatic rings. The number of rotatable bonds is 5. The minimum atomic E-state index is -4.69. The fraction of sp³-hybridized carbons (Fsp3) is 0.345. The summed E-state index contributed by atoms with van der Waals surface area (Å²) >= 11 is 6.07. The zero-order chi connectivity index (χ0) is 28.1. The van der Waals surface area contributed by atoms with Crippen molar-refractivity contribution in [2.75, 3.05) is 13.1 Å². The minimum Gasteiger partial charge on any atom is -0.445 e. The Kier molecular flexibility index (Phi) is 6.70. The minimum absolute atomic E-state index is 0.135. The third kappa shape index (κ3) is 5.13. The summed E-state index contributed by atoms with van der Waals surface area (Å²) in [4.78, 5) is 10.3. The van der Waals surface area contributed by atoms with E-state index in [1.54, 1.807) is 6.07 Å². The quantitative estimate of drug-likeness (QED) is 0.252. The zero-order valence-electron chi connectivity index (χ0n) is 21.8. The highest BCUT2D eigenvalue weighted by Crippen LogP contribution is 2.49. The highest BCUT2D eigenvalue weighted by molar-refractivity contribution is 6.30. The number of hydrogen-bond acceptors (Lipinski definition) is 7. The van der Waals surface area contributed by atoms with Crippen LogP contribution in [0.15, 0.2) is 59.3 Å². The molecule has 1 unspecified atom stereocenters. The molecule has 0 saturated carbocycles. The fourth-order valence-electron chi connectivity index (χ4n) is 5.30. The summed E-state index contributed by atoms with van der Waals surface area (Å²) in [5, 5.41) is 4.11. The summed E-state index contributed by atoms with van der Waals surface area (Å²) in [6.45, 7) is 6.17. The number of aromatic nitrogens is 3. The SMILES string of the molecule is Cc1cc(-c2noc(C(F)(F)F)n2)cnc1CN1CCC(c2cccc3c2OC(C)(c2ccc(Cl)cc2)O3)CC1. The summed E-state index contributed by atoms with van der Waals surface area (Å²) in [7, 11) is 0. The molecule has 0 amide bonds. The molecule has 1 fully saturated rings. The van der Waals surface area contributed by atoms with E-state index in [4.69, 9.17) is 21.1 Å². The molecule has 40 heavy (non-hydrogen) atoms. The van der Waals surface area contributed by atoms with Gasteiger partial charge in [0.15, 0.2) is 11.5 Å². The number of para-hydroxylation sites is 1. The van der Waals surface area contributed by atoms with Gasteiger partial charge in [-0.05, 0) is 80.7 Å². The fourth-order valence-corrected chi connectivity index (χ4v) is 5.43. The lowest BCUT2D eigenvalue weighted by atomic mass is 9.88. The van der Waals surface area contributed by atoms with Gasteiger partial charge in [-0.25, -0.2) is 0 Å². The molecule has 2 aromatic heterocycles. The molecule has 4 heterocycles. The Hall–Kier alpha value is -3.63. The molecule has 1 saturated heterocycles. The first-order valence-corrected chi connectivity index (χ1v) is 13.3. The number of hydrogen-bond donors (Lipinski definition) is 0. The van der Waals surface area contributed by atoms with Crippen molar-refractivity contribution in [2.24, 2.45) is 0 Å². The van der Waals surface area contributed by atoms with Crippen LogP contribution in [0, 0.1) is 6.92 Å². The van der Waals surface area contributed by atoms with Gasteiger partial charge in [0.2, 0.25) is 5.82 Å². The van der Waals surface area contributed by atoms with Gasteiger partial charge in [-0.3, -0.25) is 9.88 Å². The van der Waals surface area contributed by atoms with Crippen LogP contribution in [-0.2, 0) is 18.5 Å². The van der Waals surface area contributed by atoms with E-state index in [-0.39, 0.29) is 5.82 Å². The van der Waals surface area contributed by atoms with Gasteiger partial charge >= 0.3 is 12.1 Å². The van der Waals surface area contributed by atoms with Crippen molar-refractivity contribution in [3.05, 3.63) is 88.0 Å². The normalized spacial score (nSPS) is 19.8. The number of likely N-dealkylation sites (tertiary alicyclic amines) is 1. The molecule has 6 rings (SSSR count). The maximum Gasteiger partial charge on any atom is 0.471 e. The van der Waals surface area contributed by atoms with Crippen LogP contribution >= 0.6 is 11.6 Å². The van der Waals surface area contributed by atoms with Gasteiger partial charge in [-0.15, -0.1) is 0 Å². The van der Waals surface area contributed by atoms with E-state index >= 15 is 0 Å². The first-order valence-electron chi connectivity index (χ1n) is 13.0. The summed E-state index contributed by atoms with van der Waals surface area (Å²) in [6, 6.07) is 15.3. The smallest absolute Gasteiger partial charge is 0.445 e. The number of benzene rings is 2. The number of piperidine rings is 1. The van der Waals surface area contributed by atoms with Crippen LogP contribution in [0.4, 0.5) is 13.2 Å². The van der Waals surface area contributed by atoms with E-state index in [0.29, 0.717) is 23.0 Å². The highest BCUT2D eigenvalue weighted by atomic mass is 35.5. The molecule has 2 aromatic carbocycles. The van der Waals surface area contributed by atoms with Crippen molar-refractivity contribution in [1.82, 2.24) is 20.0 Å². The lowest BCUT2D eigenvalue weighted by Crippen LogP contribution is -2.33. The summed E-state index contributed by atoms with van der Waals surface area (Å²) in [6.07, 6.45) is -1.31. The maximum atomic E-state index is 12.8. The second-order valence-corrected chi connectivity index (χ2v) is 10.7. The molecule has 0 N–H and O–H groups in total. The molecule has 1 atom stereocenters. The molecule has 2 aliphatic rings. The molecule has 0 aliphatic carbocycles. The number of nitrogens with zero attached hydrogens (tertiary/aromatic N) is 4. The summed E-state index contributed by atoms with van der Waals surface area (Å²) in [5.74, 6) is -0.580. The molecular formula is C29H26ClF3N4O3. The molecular weight excluding hydrogens is 545 g/mol. The standard InChI is InChI=1S/C29H26ClF3N4O3/c1-17-14-19(26-35-27(40-36-26)29(31,32)33)15-34-23(17)16-37-12-10-18(11-13-37)22-4-3-5-24-25(22)39-28(2,38-24)20-6-8-21(30)9-7-20/h3-9,14-15,18H,10-13,16H2,1-2H3. The van der Waals surface area contributed by atoms with Crippen molar-refractivity contribution >= 4 is 11.6 Å². The second kappa shape index (κ2) is 10.1. The number of ether oxygens (including phenoxy) is 2. The molecule has 0 bridgehead atoms. The number of aryl methyl sites for hydroxylation is 1. The van der Waals surface area contributed by atoms with Gasteiger partial charge in [0, 0.05) is 41.4 Å². The van der Waals surface area contributed by atoms with Crippen LogP contribution < -0.4 is 9.47 Å². The van der Waals surface area contributed by atoms with Crippen LogP contribution in [0.5, 0.6) is 11.5 Å². The molecule has 208 valence electrons. The van der Waals surface area contributed by atoms with Gasteiger partial charge in [0.25, 0.3) is 5.79 Å². The van der Waals surface area contributed by atoms with E-state index in [9.17, 15) is 13.2 Å². The van der Waals surface area contributed by atoms with Crippen LogP contribution in [0.2, 0.25) is 5.02 Å². The number of pyridine rings is 1. The van der Waals surface area contributed by atoms with Gasteiger partial charge < -0.3 is 14.0 Å². The van der Waals surface area contributed by atoms with Gasteiger partial charge in [-0.2, -0.15) is 18.2 Å². The van der Waals surface area contributed by atoms with Crippen molar-refractivity contribution < 1.29 is 27.2 Å². The Morgan fingerprint density at radius 3 is 2.50 bits per heavy atom. The molecule has 0 radical (unpaired) electrons. The number of fused-ring (bicyclic) bond motifs is 1. The van der Waals surface area contributed by atoms with Crippen LogP contribution in [-0.4, -0.2) is 33.1 Å². The molecule has 7 nitrogen and oxygen atoms in total. The molecule has 0 spiro atoms. The second-order valence-electron chi connectivity index (χ2n) is 10.3. The van der Waals surface area contributed by atoms with E-state index < -0.39 is 17.9 Å². The van der Waals surface area contributed by atoms with Crippen molar-refractivity contribution in [3.63, 3.8) is 0 Å². The van der Waals surface area contributed by atoms with E-state index in [2.05, 4.69) is 30.6 Å². The third-order valence-electron chi connectivity index (χ3n) is 7.49. The number of halogens is 4. The van der Waals surface area contributed by atoms with Crippen molar-refractivity contribution in [2.45, 2.75) is 51.1 Å². The highest BCUT2D eigenvalue weighted by Gasteiger charge is 2.41. The summed E-state index contributed by atoms with van der Waals surface area (Å²) in [5.41, 5.74) is 4.13. The molecule has 11 heteroatoms. The third-order valence-corrected chi connectivity index (χ3v) is 7.75. The Morgan fingerprint density at radius 1 is 1.07 bits per heavy atom. The average molecular weight is 571 g/mol. The number of alkyl halides is 3. The van der Waals surface area contributed by atoms with Crippen LogP contribution in [0.1, 0.15) is 54.0 Å². The monoisotopic (exact) mass is 570 g/mol. The van der Waals surface area contributed by atoms with Crippen LogP contribution in [0.25, 0.3) is 11.4 Å². The largest absolute Gasteiger partial charge is 0.471 e. The molecule has 2 aliphatic heterocycles. The van der Waals surface area contributed by atoms with Crippen molar-refractivity contribution in [1.29, 1.82) is 0 Å². The van der Waals surface area contributed by atoms with E-state index in [1.807, 2.05) is 50.2 Å².